The average Bonchev–Trinajstić information content (AvgIpc) is 2.06. The Bertz CT molecular complexity index is 125. The molecule has 0 saturated heterocycles. The van der Waals surface area contributed by atoms with Crippen LogP contribution in [0.25, 0.3) is 0 Å². The summed E-state index contributed by atoms with van der Waals surface area (Å²) in [6.45, 7) is 2.20. The van der Waals surface area contributed by atoms with Gasteiger partial charge in [-0.25, -0.2) is 0 Å². The largest absolute Gasteiger partial charge is 0.356 e. The van der Waals surface area contributed by atoms with Crippen LogP contribution in [0.3, 0.4) is 0 Å². The second-order valence-electron chi connectivity index (χ2n) is 3.34. The summed E-state index contributed by atoms with van der Waals surface area (Å²) in [4.78, 5) is 10.2. The predicted octanol–water partition coefficient (Wildman–Crippen LogP) is 1.70. The van der Waals surface area contributed by atoms with Crippen molar-refractivity contribution in [1.82, 2.24) is 5.32 Å². The number of carbonyl (C=O) groups is 1. The van der Waals surface area contributed by atoms with Crippen LogP contribution in [0.5, 0.6) is 0 Å². The molecule has 0 radical (unpaired) electrons. The molecule has 2 heteroatoms. The van der Waals surface area contributed by atoms with Crippen molar-refractivity contribution in [3.05, 3.63) is 0 Å². The molecule has 0 aromatic heterocycles. The first-order valence-electron chi connectivity index (χ1n) is 4.58. The lowest BCUT2D eigenvalue weighted by molar-refractivity contribution is -0.110. The Kier molecular flexibility index (Phi) is 3.40. The molecule has 0 aromatic rings. The molecule has 2 nitrogen and oxygen atoms in total. The molecule has 11 heavy (non-hydrogen) atoms. The van der Waals surface area contributed by atoms with E-state index >= 15 is 0 Å². The van der Waals surface area contributed by atoms with Crippen LogP contribution in [0.1, 0.15) is 39.0 Å². The second kappa shape index (κ2) is 4.37. The minimum atomic E-state index is 0.464. The summed E-state index contributed by atoms with van der Waals surface area (Å²) < 4.78 is 0. The van der Waals surface area contributed by atoms with Crippen molar-refractivity contribution in [2.75, 3.05) is 0 Å². The minimum Gasteiger partial charge on any atom is -0.356 e. The van der Waals surface area contributed by atoms with Crippen LogP contribution in [0.2, 0.25) is 0 Å². The van der Waals surface area contributed by atoms with Crippen molar-refractivity contribution in [3.63, 3.8) is 0 Å². The molecule has 1 aliphatic rings. The first-order valence-corrected chi connectivity index (χ1v) is 4.58. The van der Waals surface area contributed by atoms with E-state index in [0.29, 0.717) is 6.04 Å². The van der Waals surface area contributed by atoms with Gasteiger partial charge < -0.3 is 5.32 Å². The quantitative estimate of drug-likeness (QED) is 0.617. The molecule has 0 aliphatic heterocycles. The van der Waals surface area contributed by atoms with Gasteiger partial charge in [0.15, 0.2) is 0 Å². The third-order valence-electron chi connectivity index (χ3n) is 2.72. The van der Waals surface area contributed by atoms with Crippen molar-refractivity contribution >= 4 is 6.41 Å². The maximum atomic E-state index is 10.2. The Balaban J connectivity index is 2.37. The second-order valence-corrected chi connectivity index (χ2v) is 3.34. The van der Waals surface area contributed by atoms with Gasteiger partial charge in [0.25, 0.3) is 0 Å². The lowest BCUT2D eigenvalue weighted by Gasteiger charge is -2.30. The summed E-state index contributed by atoms with van der Waals surface area (Å²) in [5, 5.41) is 2.90. The molecule has 0 aromatic carbocycles. The lowest BCUT2D eigenvalue weighted by Crippen LogP contribution is -2.37. The van der Waals surface area contributed by atoms with E-state index in [4.69, 9.17) is 0 Å². The van der Waals surface area contributed by atoms with Crippen molar-refractivity contribution in [1.29, 1.82) is 0 Å². The fraction of sp³-hybridized carbons (Fsp3) is 0.889. The normalized spacial score (nSPS) is 31.4. The fourth-order valence-corrected chi connectivity index (χ4v) is 2.00. The molecule has 2 atom stereocenters. The van der Waals surface area contributed by atoms with E-state index in [1.807, 2.05) is 0 Å². The Morgan fingerprint density at radius 1 is 1.45 bits per heavy atom. The van der Waals surface area contributed by atoms with Gasteiger partial charge in [0.1, 0.15) is 0 Å². The van der Waals surface area contributed by atoms with Crippen molar-refractivity contribution in [3.8, 4) is 0 Å². The first kappa shape index (κ1) is 8.57. The molecule has 0 unspecified atom stereocenters. The van der Waals surface area contributed by atoms with Crippen molar-refractivity contribution in [2.45, 2.75) is 45.1 Å². The van der Waals surface area contributed by atoms with Crippen LogP contribution in [0, 0.1) is 5.92 Å². The predicted molar refractivity (Wildman–Crippen MR) is 45.2 cm³/mol. The zero-order valence-corrected chi connectivity index (χ0v) is 7.18. The Hall–Kier alpha value is -0.530. The summed E-state index contributed by atoms with van der Waals surface area (Å²) in [5.41, 5.74) is 0. The average molecular weight is 155 g/mol. The van der Waals surface area contributed by atoms with Gasteiger partial charge in [0, 0.05) is 6.04 Å². The number of hydrogen-bond acceptors (Lipinski definition) is 1. The topological polar surface area (TPSA) is 29.1 Å². The van der Waals surface area contributed by atoms with Gasteiger partial charge in [0.05, 0.1) is 0 Å². The monoisotopic (exact) mass is 155 g/mol. The molecule has 0 heterocycles. The molecule has 1 saturated carbocycles. The lowest BCUT2D eigenvalue weighted by atomic mass is 9.83. The third kappa shape index (κ3) is 2.21. The third-order valence-corrected chi connectivity index (χ3v) is 2.72. The maximum Gasteiger partial charge on any atom is 0.207 e. The maximum absolute atomic E-state index is 10.2. The van der Waals surface area contributed by atoms with Gasteiger partial charge in [-0.15, -0.1) is 0 Å². The van der Waals surface area contributed by atoms with E-state index in [-0.39, 0.29) is 0 Å². The zero-order valence-electron chi connectivity index (χ0n) is 7.18. The molecular formula is C9H17NO. The molecule has 1 N–H and O–H groups in total. The highest BCUT2D eigenvalue weighted by Gasteiger charge is 2.22. The zero-order chi connectivity index (χ0) is 8.10. The summed E-state index contributed by atoms with van der Waals surface area (Å²) in [7, 11) is 0. The molecule has 64 valence electrons. The van der Waals surface area contributed by atoms with Crippen LogP contribution >= 0.6 is 0 Å². The Morgan fingerprint density at radius 3 is 2.82 bits per heavy atom. The van der Waals surface area contributed by atoms with Crippen LogP contribution in [-0.2, 0) is 4.79 Å². The van der Waals surface area contributed by atoms with Gasteiger partial charge in [-0.05, 0) is 18.8 Å². The molecule has 1 fully saturated rings. The Labute approximate surface area is 68.4 Å². The van der Waals surface area contributed by atoms with Crippen LogP contribution in [0.15, 0.2) is 0 Å². The van der Waals surface area contributed by atoms with E-state index in [1.165, 1.54) is 32.1 Å². The molecule has 1 amide bonds. The van der Waals surface area contributed by atoms with Gasteiger partial charge in [-0.3, -0.25) is 4.79 Å². The van der Waals surface area contributed by atoms with Crippen molar-refractivity contribution in [2.24, 2.45) is 5.92 Å². The number of rotatable bonds is 3. The highest BCUT2D eigenvalue weighted by molar-refractivity contribution is 5.46. The van der Waals surface area contributed by atoms with Gasteiger partial charge in [0.2, 0.25) is 6.41 Å². The molecule has 0 bridgehead atoms. The molecular weight excluding hydrogens is 138 g/mol. The summed E-state index contributed by atoms with van der Waals surface area (Å²) >= 11 is 0. The van der Waals surface area contributed by atoms with Crippen LogP contribution < -0.4 is 5.32 Å². The molecule has 1 rings (SSSR count). The molecule has 1 aliphatic carbocycles. The number of amides is 1. The molecule has 0 spiro atoms. The van der Waals surface area contributed by atoms with E-state index in [9.17, 15) is 4.79 Å². The highest BCUT2D eigenvalue weighted by Crippen LogP contribution is 2.26. The smallest absolute Gasteiger partial charge is 0.207 e. The fourth-order valence-electron chi connectivity index (χ4n) is 2.00. The summed E-state index contributed by atoms with van der Waals surface area (Å²) in [6.07, 6.45) is 7.14. The Morgan fingerprint density at radius 2 is 2.18 bits per heavy atom. The van der Waals surface area contributed by atoms with Gasteiger partial charge in [-0.2, -0.15) is 0 Å². The minimum absolute atomic E-state index is 0.464. The van der Waals surface area contributed by atoms with Gasteiger partial charge >= 0.3 is 0 Å². The van der Waals surface area contributed by atoms with E-state index in [2.05, 4.69) is 12.2 Å². The summed E-state index contributed by atoms with van der Waals surface area (Å²) in [6, 6.07) is 0.464. The van der Waals surface area contributed by atoms with E-state index in [0.717, 1.165) is 12.3 Å². The van der Waals surface area contributed by atoms with E-state index in [1.54, 1.807) is 0 Å². The standard InChI is InChI=1S/C9H17NO/c1-2-8-5-3-4-6-9(8)10-7-11/h7-9H,2-6H2,1H3,(H,10,11)/t8-,9+/m1/s1. The first-order chi connectivity index (χ1) is 5.38. The SMILES string of the molecule is CC[C@@H]1CCCC[C@@H]1NC=O. The number of hydrogen-bond donors (Lipinski definition) is 1. The number of carbonyl (C=O) groups excluding carboxylic acids is 1. The highest BCUT2D eigenvalue weighted by atomic mass is 16.1. The van der Waals surface area contributed by atoms with E-state index < -0.39 is 0 Å². The van der Waals surface area contributed by atoms with Gasteiger partial charge in [-0.1, -0.05) is 26.2 Å². The van der Waals surface area contributed by atoms with Crippen LogP contribution in [0.4, 0.5) is 0 Å². The van der Waals surface area contributed by atoms with Crippen molar-refractivity contribution < 1.29 is 4.79 Å². The summed E-state index contributed by atoms with van der Waals surface area (Å²) in [5.74, 6) is 0.731. The number of nitrogens with one attached hydrogen (secondary N) is 1. The van der Waals surface area contributed by atoms with Crippen LogP contribution in [-0.4, -0.2) is 12.5 Å².